The molecule has 6 heteroatoms. The van der Waals surface area contributed by atoms with Crippen LogP contribution in [0.5, 0.6) is 5.75 Å². The summed E-state index contributed by atoms with van der Waals surface area (Å²) in [7, 11) is 1.63. The van der Waals surface area contributed by atoms with E-state index in [-0.39, 0.29) is 5.96 Å². The number of methoxy groups -OCH3 is 1. The van der Waals surface area contributed by atoms with Crippen molar-refractivity contribution < 1.29 is 4.74 Å². The van der Waals surface area contributed by atoms with Crippen molar-refractivity contribution in [1.82, 2.24) is 4.98 Å². The molecule has 0 bridgehead atoms. The van der Waals surface area contributed by atoms with E-state index in [4.69, 9.17) is 16.2 Å². The fourth-order valence-corrected chi connectivity index (χ4v) is 2.04. The number of rotatable bonds is 3. The number of hydrogen-bond acceptors (Lipinski definition) is 4. The molecule has 0 atom stereocenters. The lowest BCUT2D eigenvalue weighted by molar-refractivity contribution is 0.415. The molecule has 2 aromatic rings. The van der Waals surface area contributed by atoms with E-state index < -0.39 is 0 Å². The number of aromatic nitrogens is 1. The van der Waals surface area contributed by atoms with Crippen LogP contribution in [0.15, 0.2) is 34.6 Å². The van der Waals surface area contributed by atoms with E-state index in [1.807, 2.05) is 29.6 Å². The van der Waals surface area contributed by atoms with E-state index in [2.05, 4.69) is 9.98 Å². The van der Waals surface area contributed by atoms with Crippen molar-refractivity contribution in [2.45, 2.75) is 0 Å². The number of nitrogens with zero attached hydrogens (tertiary/aromatic N) is 2. The van der Waals surface area contributed by atoms with Gasteiger partial charge in [0.15, 0.2) is 5.96 Å². The minimum absolute atomic E-state index is 0.0145. The summed E-state index contributed by atoms with van der Waals surface area (Å²) in [6.07, 6.45) is 0. The summed E-state index contributed by atoms with van der Waals surface area (Å²) in [6, 6.07) is 7.64. The van der Waals surface area contributed by atoms with Crippen LogP contribution in [0, 0.1) is 0 Å². The highest BCUT2D eigenvalue weighted by atomic mass is 32.1. The lowest BCUT2D eigenvalue weighted by Gasteiger charge is -2.00. The van der Waals surface area contributed by atoms with Crippen LogP contribution in [0.1, 0.15) is 0 Å². The van der Waals surface area contributed by atoms with Crippen LogP contribution in [0.3, 0.4) is 0 Å². The van der Waals surface area contributed by atoms with Crippen molar-refractivity contribution >= 4 is 22.4 Å². The van der Waals surface area contributed by atoms with Crippen molar-refractivity contribution in [2.75, 3.05) is 7.11 Å². The molecule has 0 amide bonds. The molecule has 4 N–H and O–H groups in total. The summed E-state index contributed by atoms with van der Waals surface area (Å²) in [5.41, 5.74) is 12.4. The van der Waals surface area contributed by atoms with Gasteiger partial charge in [-0.05, 0) is 24.3 Å². The average molecular weight is 248 g/mol. The number of aliphatic imine (C=N–C) groups is 1. The smallest absolute Gasteiger partial charge is 0.212 e. The first kappa shape index (κ1) is 11.4. The van der Waals surface area contributed by atoms with Crippen molar-refractivity contribution in [2.24, 2.45) is 16.5 Å². The first-order valence-corrected chi connectivity index (χ1v) is 5.76. The Morgan fingerprint density at radius 1 is 1.29 bits per heavy atom. The Kier molecular flexibility index (Phi) is 3.24. The standard InChI is InChI=1S/C11H12N4OS/c1-16-8-4-2-7(3-5-8)9-6-17-11(14-9)15-10(12)13/h2-6H,1H3,(H4,12,13,14,15). The number of benzene rings is 1. The van der Waals surface area contributed by atoms with Gasteiger partial charge in [0.05, 0.1) is 12.8 Å². The maximum absolute atomic E-state index is 5.29. The lowest BCUT2D eigenvalue weighted by atomic mass is 10.2. The molecule has 5 nitrogen and oxygen atoms in total. The first-order chi connectivity index (χ1) is 8.19. The van der Waals surface area contributed by atoms with Crippen LogP contribution in [0.4, 0.5) is 5.13 Å². The lowest BCUT2D eigenvalue weighted by Crippen LogP contribution is -2.21. The predicted octanol–water partition coefficient (Wildman–Crippen LogP) is 1.72. The third kappa shape index (κ3) is 2.73. The largest absolute Gasteiger partial charge is 0.497 e. The Hall–Kier alpha value is -2.08. The second-order valence-electron chi connectivity index (χ2n) is 3.28. The highest BCUT2D eigenvalue weighted by Gasteiger charge is 2.04. The van der Waals surface area contributed by atoms with Gasteiger partial charge in [0, 0.05) is 10.9 Å². The fourth-order valence-electron chi connectivity index (χ4n) is 1.32. The number of ether oxygens (including phenoxy) is 1. The SMILES string of the molecule is COc1ccc(-c2csc(N=C(N)N)n2)cc1. The monoisotopic (exact) mass is 248 g/mol. The van der Waals surface area contributed by atoms with Crippen LogP contribution >= 0.6 is 11.3 Å². The quantitative estimate of drug-likeness (QED) is 0.639. The molecule has 0 aliphatic carbocycles. The van der Waals surface area contributed by atoms with Crippen LogP contribution in [0.25, 0.3) is 11.3 Å². The van der Waals surface area contributed by atoms with Gasteiger partial charge in [0.1, 0.15) is 5.75 Å². The molecule has 17 heavy (non-hydrogen) atoms. The highest BCUT2D eigenvalue weighted by molar-refractivity contribution is 7.13. The molecule has 0 saturated carbocycles. The fraction of sp³-hybridized carbons (Fsp3) is 0.0909. The van der Waals surface area contributed by atoms with Crippen molar-refractivity contribution in [1.29, 1.82) is 0 Å². The number of hydrogen-bond donors (Lipinski definition) is 2. The number of thiazole rings is 1. The second-order valence-corrected chi connectivity index (χ2v) is 4.12. The maximum Gasteiger partial charge on any atom is 0.212 e. The molecule has 0 spiro atoms. The first-order valence-electron chi connectivity index (χ1n) is 4.88. The van der Waals surface area contributed by atoms with Gasteiger partial charge in [0.2, 0.25) is 5.13 Å². The van der Waals surface area contributed by atoms with Gasteiger partial charge in [-0.1, -0.05) is 0 Å². The zero-order chi connectivity index (χ0) is 12.3. The molecule has 88 valence electrons. The van der Waals surface area contributed by atoms with E-state index >= 15 is 0 Å². The van der Waals surface area contributed by atoms with E-state index in [1.54, 1.807) is 7.11 Å². The summed E-state index contributed by atoms with van der Waals surface area (Å²) in [5.74, 6) is 0.828. The Morgan fingerprint density at radius 3 is 2.59 bits per heavy atom. The minimum Gasteiger partial charge on any atom is -0.497 e. The predicted molar refractivity (Wildman–Crippen MR) is 69.6 cm³/mol. The molecular formula is C11H12N4OS. The second kappa shape index (κ2) is 4.84. The third-order valence-corrected chi connectivity index (χ3v) is 2.84. The van der Waals surface area contributed by atoms with Gasteiger partial charge in [-0.15, -0.1) is 11.3 Å². The molecule has 0 aliphatic rings. The normalized spacial score (nSPS) is 9.94. The molecule has 0 unspecified atom stereocenters. The zero-order valence-electron chi connectivity index (χ0n) is 9.25. The summed E-state index contributed by atoms with van der Waals surface area (Å²) in [4.78, 5) is 8.20. The number of guanidine groups is 1. The Bertz CT molecular complexity index is 529. The Balaban J connectivity index is 2.27. The van der Waals surface area contributed by atoms with E-state index in [1.165, 1.54) is 11.3 Å². The molecule has 1 aromatic heterocycles. The molecule has 2 rings (SSSR count). The summed E-state index contributed by atoms with van der Waals surface area (Å²) >= 11 is 1.39. The van der Waals surface area contributed by atoms with Crippen molar-refractivity contribution in [3.8, 4) is 17.0 Å². The molecule has 1 aromatic carbocycles. The average Bonchev–Trinajstić information content (AvgIpc) is 2.77. The van der Waals surface area contributed by atoms with Gasteiger partial charge in [-0.3, -0.25) is 0 Å². The van der Waals surface area contributed by atoms with E-state index in [0.717, 1.165) is 17.0 Å². The minimum atomic E-state index is 0.0145. The topological polar surface area (TPSA) is 86.5 Å². The molecule has 1 heterocycles. The van der Waals surface area contributed by atoms with E-state index in [9.17, 15) is 0 Å². The molecule has 0 fully saturated rings. The van der Waals surface area contributed by atoms with Gasteiger partial charge < -0.3 is 16.2 Å². The highest BCUT2D eigenvalue weighted by Crippen LogP contribution is 2.27. The van der Waals surface area contributed by atoms with Gasteiger partial charge in [0.25, 0.3) is 0 Å². The Labute approximate surface area is 103 Å². The van der Waals surface area contributed by atoms with Gasteiger partial charge >= 0.3 is 0 Å². The summed E-state index contributed by atoms with van der Waals surface area (Å²) in [5, 5.41) is 2.46. The summed E-state index contributed by atoms with van der Waals surface area (Å²) in [6.45, 7) is 0. The Morgan fingerprint density at radius 2 is 2.00 bits per heavy atom. The van der Waals surface area contributed by atoms with Gasteiger partial charge in [-0.2, -0.15) is 4.99 Å². The molecule has 0 radical (unpaired) electrons. The van der Waals surface area contributed by atoms with Crippen LogP contribution in [0.2, 0.25) is 0 Å². The van der Waals surface area contributed by atoms with Crippen LogP contribution < -0.4 is 16.2 Å². The number of nitrogens with two attached hydrogens (primary N) is 2. The van der Waals surface area contributed by atoms with Crippen molar-refractivity contribution in [3.05, 3.63) is 29.6 Å². The van der Waals surface area contributed by atoms with Crippen LogP contribution in [-0.4, -0.2) is 18.1 Å². The molecule has 0 aliphatic heterocycles. The van der Waals surface area contributed by atoms with Crippen molar-refractivity contribution in [3.63, 3.8) is 0 Å². The third-order valence-electron chi connectivity index (χ3n) is 2.10. The van der Waals surface area contributed by atoms with Crippen LogP contribution in [-0.2, 0) is 0 Å². The maximum atomic E-state index is 5.29. The van der Waals surface area contributed by atoms with E-state index in [0.29, 0.717) is 5.13 Å². The van der Waals surface area contributed by atoms with Gasteiger partial charge in [-0.25, -0.2) is 4.98 Å². The summed E-state index contributed by atoms with van der Waals surface area (Å²) < 4.78 is 5.09. The molecule has 0 saturated heterocycles. The zero-order valence-corrected chi connectivity index (χ0v) is 10.1. The molecular weight excluding hydrogens is 236 g/mol.